The summed E-state index contributed by atoms with van der Waals surface area (Å²) in [4.78, 5) is 39.9. The standard InChI is InChI=1S/C36H26Cl2N2O3S/c37-31-13-7-12-28(34(31)38)22-32(40-35(42)27-10-5-2-6-11-27)36(43)39-29-18-20-30(21-19-29)44-23-33(41)26-16-14-25(15-17-26)24-8-3-1-4-9-24/h1-22H,23H2,(H,39,43)(H,40,42)/b32-22-. The number of halogens is 2. The summed E-state index contributed by atoms with van der Waals surface area (Å²) < 4.78 is 0. The molecule has 0 spiro atoms. The molecule has 8 heteroatoms. The van der Waals surface area contributed by atoms with E-state index in [0.717, 1.165) is 16.0 Å². The van der Waals surface area contributed by atoms with Crippen molar-refractivity contribution in [2.75, 3.05) is 11.1 Å². The van der Waals surface area contributed by atoms with E-state index >= 15 is 0 Å². The van der Waals surface area contributed by atoms with E-state index in [2.05, 4.69) is 10.6 Å². The topological polar surface area (TPSA) is 75.3 Å². The van der Waals surface area contributed by atoms with Gasteiger partial charge in [0.1, 0.15) is 5.70 Å². The number of benzene rings is 5. The van der Waals surface area contributed by atoms with Crippen LogP contribution in [0.2, 0.25) is 10.0 Å². The minimum Gasteiger partial charge on any atom is -0.321 e. The van der Waals surface area contributed by atoms with Gasteiger partial charge in [0, 0.05) is 21.7 Å². The first-order valence-electron chi connectivity index (χ1n) is 13.6. The molecule has 0 unspecified atom stereocenters. The number of thioether (sulfide) groups is 1. The zero-order chi connectivity index (χ0) is 30.9. The van der Waals surface area contributed by atoms with Crippen LogP contribution in [0.25, 0.3) is 17.2 Å². The highest BCUT2D eigenvalue weighted by atomic mass is 35.5. The van der Waals surface area contributed by atoms with Gasteiger partial charge in [0.15, 0.2) is 5.78 Å². The Morgan fingerprint density at radius 3 is 1.98 bits per heavy atom. The summed E-state index contributed by atoms with van der Waals surface area (Å²) in [6.45, 7) is 0. The molecule has 2 N–H and O–H groups in total. The number of carbonyl (C=O) groups excluding carboxylic acids is 3. The largest absolute Gasteiger partial charge is 0.321 e. The van der Waals surface area contributed by atoms with Crippen molar-refractivity contribution in [2.24, 2.45) is 0 Å². The van der Waals surface area contributed by atoms with Crippen LogP contribution in [0.1, 0.15) is 26.3 Å². The summed E-state index contributed by atoms with van der Waals surface area (Å²) in [5.41, 5.74) is 4.18. The molecule has 2 amide bonds. The molecular weight excluding hydrogens is 611 g/mol. The molecule has 5 aromatic carbocycles. The van der Waals surface area contributed by atoms with Crippen LogP contribution in [0.3, 0.4) is 0 Å². The maximum absolute atomic E-state index is 13.3. The molecule has 5 rings (SSSR count). The Hall–Kier alpha value is -4.62. The molecule has 5 nitrogen and oxygen atoms in total. The molecule has 0 atom stereocenters. The molecule has 0 heterocycles. The van der Waals surface area contributed by atoms with Crippen molar-refractivity contribution in [3.05, 3.63) is 160 Å². The number of Topliss-reactive ketones (excluding diaryl/α,β-unsaturated/α-hetero) is 1. The van der Waals surface area contributed by atoms with Crippen molar-refractivity contribution >= 4 is 64.3 Å². The number of hydrogen-bond donors (Lipinski definition) is 2. The van der Waals surface area contributed by atoms with Gasteiger partial charge in [-0.05, 0) is 65.2 Å². The normalized spacial score (nSPS) is 11.1. The van der Waals surface area contributed by atoms with Crippen LogP contribution in [0.4, 0.5) is 5.69 Å². The van der Waals surface area contributed by atoms with E-state index in [0.29, 0.717) is 27.4 Å². The van der Waals surface area contributed by atoms with Crippen LogP contribution >= 0.6 is 35.0 Å². The Balaban J connectivity index is 1.23. The first kappa shape index (κ1) is 30.8. The summed E-state index contributed by atoms with van der Waals surface area (Å²) in [7, 11) is 0. The minimum absolute atomic E-state index is 0.00893. The highest BCUT2D eigenvalue weighted by Crippen LogP contribution is 2.28. The molecule has 44 heavy (non-hydrogen) atoms. The summed E-state index contributed by atoms with van der Waals surface area (Å²) in [5.74, 6) is -0.693. The predicted molar refractivity (Wildman–Crippen MR) is 180 cm³/mol. The van der Waals surface area contributed by atoms with Crippen molar-refractivity contribution < 1.29 is 14.4 Å². The second kappa shape index (κ2) is 14.7. The Morgan fingerprint density at radius 1 is 0.659 bits per heavy atom. The summed E-state index contributed by atoms with van der Waals surface area (Å²) in [5, 5.41) is 6.09. The molecule has 0 aliphatic rings. The number of anilines is 1. The number of nitrogens with one attached hydrogen (secondary N) is 2. The SMILES string of the molecule is O=C(Nc1ccc(SCC(=O)c2ccc(-c3ccccc3)cc2)cc1)/C(=C/c1cccc(Cl)c1Cl)NC(=O)c1ccccc1. The quantitative estimate of drug-likeness (QED) is 0.0911. The molecular formula is C36H26Cl2N2O3S. The first-order chi connectivity index (χ1) is 21.4. The molecule has 0 bridgehead atoms. The van der Waals surface area contributed by atoms with Crippen LogP contribution in [0.15, 0.2) is 138 Å². The third-order valence-electron chi connectivity index (χ3n) is 6.61. The highest BCUT2D eigenvalue weighted by Gasteiger charge is 2.16. The van der Waals surface area contributed by atoms with E-state index in [9.17, 15) is 14.4 Å². The maximum Gasteiger partial charge on any atom is 0.272 e. The van der Waals surface area contributed by atoms with E-state index in [4.69, 9.17) is 23.2 Å². The number of hydrogen-bond acceptors (Lipinski definition) is 4. The molecule has 0 radical (unpaired) electrons. The maximum atomic E-state index is 13.3. The zero-order valence-corrected chi connectivity index (χ0v) is 25.6. The van der Waals surface area contributed by atoms with Crippen LogP contribution in [-0.2, 0) is 4.79 Å². The fourth-order valence-corrected chi connectivity index (χ4v) is 5.43. The van der Waals surface area contributed by atoms with Crippen molar-refractivity contribution in [1.29, 1.82) is 0 Å². The molecule has 0 saturated heterocycles. The highest BCUT2D eigenvalue weighted by molar-refractivity contribution is 8.00. The minimum atomic E-state index is -0.542. The molecule has 0 aromatic heterocycles. The lowest BCUT2D eigenvalue weighted by molar-refractivity contribution is -0.113. The molecule has 218 valence electrons. The van der Waals surface area contributed by atoms with Crippen LogP contribution in [0, 0.1) is 0 Å². The fraction of sp³-hybridized carbons (Fsp3) is 0.0278. The van der Waals surface area contributed by atoms with E-state index in [1.54, 1.807) is 60.7 Å². The van der Waals surface area contributed by atoms with Crippen molar-refractivity contribution in [3.63, 3.8) is 0 Å². The summed E-state index contributed by atoms with van der Waals surface area (Å²) in [6.07, 6.45) is 1.48. The van der Waals surface area contributed by atoms with Gasteiger partial charge in [-0.3, -0.25) is 14.4 Å². The third kappa shape index (κ3) is 8.05. The molecule has 0 aliphatic heterocycles. The second-order valence-corrected chi connectivity index (χ2v) is 11.5. The molecule has 0 aliphatic carbocycles. The Labute approximate surface area is 269 Å². The van der Waals surface area contributed by atoms with E-state index < -0.39 is 11.8 Å². The summed E-state index contributed by atoms with van der Waals surface area (Å²) in [6, 6.07) is 38.4. The first-order valence-corrected chi connectivity index (χ1v) is 15.4. The predicted octanol–water partition coefficient (Wildman–Crippen LogP) is 9.04. The van der Waals surface area contributed by atoms with Gasteiger partial charge < -0.3 is 10.6 Å². The molecule has 0 saturated carbocycles. The van der Waals surface area contributed by atoms with Gasteiger partial charge in [-0.2, -0.15) is 0 Å². The summed E-state index contributed by atoms with van der Waals surface area (Å²) >= 11 is 13.9. The fourth-order valence-electron chi connectivity index (χ4n) is 4.27. The molecule has 5 aromatic rings. The second-order valence-electron chi connectivity index (χ2n) is 9.65. The lowest BCUT2D eigenvalue weighted by Gasteiger charge is -2.12. The van der Waals surface area contributed by atoms with Gasteiger partial charge in [0.2, 0.25) is 0 Å². The van der Waals surface area contributed by atoms with Gasteiger partial charge in [-0.25, -0.2) is 0 Å². The van der Waals surface area contributed by atoms with E-state index in [1.165, 1.54) is 17.8 Å². The monoisotopic (exact) mass is 636 g/mol. The van der Waals surface area contributed by atoms with Gasteiger partial charge in [0.05, 0.1) is 15.8 Å². The number of rotatable bonds is 10. The van der Waals surface area contributed by atoms with Crippen LogP contribution < -0.4 is 10.6 Å². The average molecular weight is 638 g/mol. The number of carbonyl (C=O) groups is 3. The average Bonchev–Trinajstić information content (AvgIpc) is 3.06. The van der Waals surface area contributed by atoms with Crippen molar-refractivity contribution in [2.45, 2.75) is 4.90 Å². The Kier molecular flexibility index (Phi) is 10.3. The van der Waals surface area contributed by atoms with Gasteiger partial charge in [0.25, 0.3) is 11.8 Å². The number of amides is 2. The lowest BCUT2D eigenvalue weighted by Crippen LogP contribution is -2.30. The van der Waals surface area contributed by atoms with E-state index in [1.807, 2.05) is 66.7 Å². The van der Waals surface area contributed by atoms with Crippen molar-refractivity contribution in [3.8, 4) is 11.1 Å². The van der Waals surface area contributed by atoms with Crippen LogP contribution in [0.5, 0.6) is 0 Å². The Bertz CT molecular complexity index is 1810. The smallest absolute Gasteiger partial charge is 0.272 e. The van der Waals surface area contributed by atoms with Crippen molar-refractivity contribution in [1.82, 2.24) is 5.32 Å². The van der Waals surface area contributed by atoms with Gasteiger partial charge in [-0.15, -0.1) is 11.8 Å². The third-order valence-corrected chi connectivity index (χ3v) is 8.45. The number of ketones is 1. The van der Waals surface area contributed by atoms with Crippen LogP contribution in [-0.4, -0.2) is 23.4 Å². The van der Waals surface area contributed by atoms with Gasteiger partial charge in [-0.1, -0.05) is 108 Å². The molecule has 0 fully saturated rings. The van der Waals surface area contributed by atoms with E-state index in [-0.39, 0.29) is 22.3 Å². The van der Waals surface area contributed by atoms with Gasteiger partial charge >= 0.3 is 0 Å². The zero-order valence-electron chi connectivity index (χ0n) is 23.3. The Morgan fingerprint density at radius 2 is 1.30 bits per heavy atom. The lowest BCUT2D eigenvalue weighted by atomic mass is 10.0.